The van der Waals surface area contributed by atoms with E-state index in [4.69, 9.17) is 4.74 Å². The maximum Gasteiger partial charge on any atom is 0.0511 e. The van der Waals surface area contributed by atoms with Crippen molar-refractivity contribution < 1.29 is 4.74 Å². The van der Waals surface area contributed by atoms with Crippen LogP contribution < -0.4 is 5.32 Å². The molecule has 0 saturated heterocycles. The quantitative estimate of drug-likeness (QED) is 0.719. The van der Waals surface area contributed by atoms with E-state index in [1.54, 1.807) is 0 Å². The van der Waals surface area contributed by atoms with Crippen molar-refractivity contribution in [3.05, 3.63) is 0 Å². The summed E-state index contributed by atoms with van der Waals surface area (Å²) in [5.41, 5.74) is 0.353. The molecule has 2 rings (SSSR count). The van der Waals surface area contributed by atoms with Crippen molar-refractivity contribution in [2.24, 2.45) is 17.3 Å². The zero-order valence-corrected chi connectivity index (χ0v) is 11.1. The third kappa shape index (κ3) is 4.42. The molecule has 0 aromatic rings. The average molecular weight is 225 g/mol. The molecule has 0 aromatic heterocycles. The molecule has 16 heavy (non-hydrogen) atoms. The molecule has 0 amide bonds. The first-order chi connectivity index (χ1) is 7.55. The Morgan fingerprint density at radius 3 is 2.38 bits per heavy atom. The van der Waals surface area contributed by atoms with Crippen LogP contribution in [0.4, 0.5) is 0 Å². The topological polar surface area (TPSA) is 21.3 Å². The molecule has 0 radical (unpaired) electrons. The highest BCUT2D eigenvalue weighted by atomic mass is 16.5. The molecule has 2 heteroatoms. The maximum atomic E-state index is 5.86. The number of nitrogens with one attached hydrogen (secondary N) is 1. The van der Waals surface area contributed by atoms with E-state index in [9.17, 15) is 0 Å². The summed E-state index contributed by atoms with van der Waals surface area (Å²) in [7, 11) is 0. The Hall–Kier alpha value is -0.0800. The fourth-order valence-corrected chi connectivity index (χ4v) is 1.87. The molecule has 1 atom stereocenters. The highest BCUT2D eigenvalue weighted by Gasteiger charge is 2.29. The van der Waals surface area contributed by atoms with E-state index >= 15 is 0 Å². The number of hydrogen-bond donors (Lipinski definition) is 1. The van der Waals surface area contributed by atoms with Crippen LogP contribution in [0, 0.1) is 17.3 Å². The fraction of sp³-hybridized carbons (Fsp3) is 1.00. The van der Waals surface area contributed by atoms with Gasteiger partial charge in [0.15, 0.2) is 0 Å². The van der Waals surface area contributed by atoms with E-state index in [0.29, 0.717) is 11.3 Å². The van der Waals surface area contributed by atoms with Crippen LogP contribution in [-0.2, 0) is 4.74 Å². The summed E-state index contributed by atoms with van der Waals surface area (Å²) in [6, 6.07) is 0.813. The van der Waals surface area contributed by atoms with Gasteiger partial charge in [-0.05, 0) is 42.9 Å². The van der Waals surface area contributed by atoms with Crippen LogP contribution in [0.1, 0.15) is 46.5 Å². The van der Waals surface area contributed by atoms with Gasteiger partial charge in [0.05, 0.1) is 6.61 Å². The van der Waals surface area contributed by atoms with Gasteiger partial charge in [-0.1, -0.05) is 20.8 Å². The van der Waals surface area contributed by atoms with Crippen LogP contribution >= 0.6 is 0 Å². The van der Waals surface area contributed by atoms with Gasteiger partial charge in [-0.3, -0.25) is 0 Å². The van der Waals surface area contributed by atoms with Gasteiger partial charge < -0.3 is 10.1 Å². The van der Waals surface area contributed by atoms with Crippen LogP contribution in [0.2, 0.25) is 0 Å². The predicted molar refractivity (Wildman–Crippen MR) is 67.5 cm³/mol. The molecule has 1 unspecified atom stereocenters. The molecule has 2 nitrogen and oxygen atoms in total. The first-order valence-corrected chi connectivity index (χ1v) is 6.87. The Balaban J connectivity index is 1.66. The number of ether oxygens (including phenoxy) is 1. The van der Waals surface area contributed by atoms with E-state index in [0.717, 1.165) is 31.7 Å². The minimum absolute atomic E-state index is 0.353. The molecule has 2 fully saturated rings. The van der Waals surface area contributed by atoms with Crippen molar-refractivity contribution in [3.63, 3.8) is 0 Å². The minimum Gasteiger partial charge on any atom is -0.381 e. The Bertz CT molecular complexity index is 213. The lowest BCUT2D eigenvalue weighted by Crippen LogP contribution is -2.36. The van der Waals surface area contributed by atoms with E-state index < -0.39 is 0 Å². The van der Waals surface area contributed by atoms with Crippen molar-refractivity contribution in [2.75, 3.05) is 19.8 Å². The van der Waals surface area contributed by atoms with E-state index in [2.05, 4.69) is 26.1 Å². The molecule has 0 spiro atoms. The third-order valence-corrected chi connectivity index (χ3v) is 3.82. The fourth-order valence-electron chi connectivity index (χ4n) is 1.87. The molecule has 1 N–H and O–H groups in total. The molecule has 2 saturated carbocycles. The Morgan fingerprint density at radius 2 is 1.88 bits per heavy atom. The molecule has 2 aliphatic rings. The van der Waals surface area contributed by atoms with Gasteiger partial charge in [-0.2, -0.15) is 0 Å². The average Bonchev–Trinajstić information content (AvgIpc) is 3.01. The first-order valence-electron chi connectivity index (χ1n) is 6.87. The van der Waals surface area contributed by atoms with Gasteiger partial charge in [0.1, 0.15) is 0 Å². The number of hydrogen-bond acceptors (Lipinski definition) is 2. The van der Waals surface area contributed by atoms with Crippen molar-refractivity contribution in [1.82, 2.24) is 5.32 Å². The van der Waals surface area contributed by atoms with Crippen LogP contribution in [0.3, 0.4) is 0 Å². The van der Waals surface area contributed by atoms with Crippen molar-refractivity contribution in [3.8, 4) is 0 Å². The zero-order chi connectivity index (χ0) is 11.6. The highest BCUT2D eigenvalue weighted by molar-refractivity contribution is 4.84. The molecule has 0 heterocycles. The van der Waals surface area contributed by atoms with Gasteiger partial charge in [0, 0.05) is 19.2 Å². The van der Waals surface area contributed by atoms with Crippen molar-refractivity contribution >= 4 is 0 Å². The standard InChI is InChI=1S/C14H27NO/c1-14(2,3)12(8-15-13-6-7-13)10-16-9-11-4-5-11/h11-13,15H,4-10H2,1-3H3. The summed E-state index contributed by atoms with van der Waals surface area (Å²) in [5, 5.41) is 3.64. The van der Waals surface area contributed by atoms with Crippen LogP contribution in [-0.4, -0.2) is 25.8 Å². The SMILES string of the molecule is CC(C)(C)C(CNC1CC1)COCC1CC1. The Kier molecular flexibility index (Phi) is 3.91. The van der Waals surface area contributed by atoms with Crippen LogP contribution in [0.25, 0.3) is 0 Å². The smallest absolute Gasteiger partial charge is 0.0511 e. The van der Waals surface area contributed by atoms with Crippen LogP contribution in [0.5, 0.6) is 0 Å². The summed E-state index contributed by atoms with van der Waals surface area (Å²) in [6.45, 7) is 10.0. The molecule has 2 aliphatic carbocycles. The van der Waals surface area contributed by atoms with Crippen molar-refractivity contribution in [2.45, 2.75) is 52.5 Å². The second kappa shape index (κ2) is 5.05. The van der Waals surface area contributed by atoms with Gasteiger partial charge in [0.25, 0.3) is 0 Å². The Labute approximate surface area is 100 Å². The summed E-state index contributed by atoms with van der Waals surface area (Å²) in [6.07, 6.45) is 5.53. The third-order valence-electron chi connectivity index (χ3n) is 3.82. The lowest BCUT2D eigenvalue weighted by Gasteiger charge is -2.31. The predicted octanol–water partition coefficient (Wildman–Crippen LogP) is 2.83. The largest absolute Gasteiger partial charge is 0.381 e. The lowest BCUT2D eigenvalue weighted by atomic mass is 9.81. The van der Waals surface area contributed by atoms with Gasteiger partial charge >= 0.3 is 0 Å². The highest BCUT2D eigenvalue weighted by Crippen LogP contribution is 2.31. The van der Waals surface area contributed by atoms with E-state index in [1.165, 1.54) is 25.7 Å². The summed E-state index contributed by atoms with van der Waals surface area (Å²) >= 11 is 0. The van der Waals surface area contributed by atoms with Crippen molar-refractivity contribution in [1.29, 1.82) is 0 Å². The first kappa shape index (κ1) is 12.4. The molecule has 0 aromatic carbocycles. The normalized spacial score (nSPS) is 23.4. The summed E-state index contributed by atoms with van der Waals surface area (Å²) in [5.74, 6) is 1.53. The minimum atomic E-state index is 0.353. The monoisotopic (exact) mass is 225 g/mol. The molecular formula is C14H27NO. The maximum absolute atomic E-state index is 5.86. The molecule has 0 bridgehead atoms. The summed E-state index contributed by atoms with van der Waals surface area (Å²) in [4.78, 5) is 0. The van der Waals surface area contributed by atoms with E-state index in [-0.39, 0.29) is 0 Å². The second-order valence-corrected chi connectivity index (χ2v) is 6.73. The second-order valence-electron chi connectivity index (χ2n) is 6.73. The Morgan fingerprint density at radius 1 is 1.19 bits per heavy atom. The van der Waals surface area contributed by atoms with Gasteiger partial charge in [-0.15, -0.1) is 0 Å². The zero-order valence-electron chi connectivity index (χ0n) is 11.1. The van der Waals surface area contributed by atoms with E-state index in [1.807, 2.05) is 0 Å². The molecule has 0 aliphatic heterocycles. The molecule has 94 valence electrons. The molecular weight excluding hydrogens is 198 g/mol. The number of rotatable bonds is 7. The van der Waals surface area contributed by atoms with Crippen LogP contribution in [0.15, 0.2) is 0 Å². The summed E-state index contributed by atoms with van der Waals surface area (Å²) < 4.78 is 5.86. The van der Waals surface area contributed by atoms with Gasteiger partial charge in [0.2, 0.25) is 0 Å². The van der Waals surface area contributed by atoms with Gasteiger partial charge in [-0.25, -0.2) is 0 Å². The lowest BCUT2D eigenvalue weighted by molar-refractivity contribution is 0.0496.